The summed E-state index contributed by atoms with van der Waals surface area (Å²) in [6, 6.07) is 9.35. The van der Waals surface area contributed by atoms with Crippen molar-refractivity contribution >= 4 is 11.5 Å². The summed E-state index contributed by atoms with van der Waals surface area (Å²) in [5, 5.41) is 6.98. The van der Waals surface area contributed by atoms with Crippen LogP contribution in [0.5, 0.6) is 5.75 Å². The van der Waals surface area contributed by atoms with Crippen LogP contribution in [0.2, 0.25) is 0 Å². The Morgan fingerprint density at radius 2 is 2.14 bits per heavy atom. The number of hydrogen-bond donors (Lipinski definition) is 2. The lowest BCUT2D eigenvalue weighted by Crippen LogP contribution is -2.46. The first-order chi connectivity index (χ1) is 13.6. The summed E-state index contributed by atoms with van der Waals surface area (Å²) in [6.07, 6.45) is 6.78. The molecule has 0 atom stereocenters. The Balaban J connectivity index is 1.37. The molecule has 0 radical (unpaired) electrons. The lowest BCUT2D eigenvalue weighted by atomic mass is 9.65. The minimum Gasteiger partial charge on any atom is -0.433 e. The van der Waals surface area contributed by atoms with Crippen LogP contribution in [-0.2, 0) is 0 Å². The first-order valence-electron chi connectivity index (χ1n) is 9.47. The van der Waals surface area contributed by atoms with Gasteiger partial charge in [0.25, 0.3) is 0 Å². The monoisotopic (exact) mass is 385 g/mol. The first-order valence-corrected chi connectivity index (χ1v) is 9.47. The molecule has 8 heteroatoms. The van der Waals surface area contributed by atoms with Gasteiger partial charge < -0.3 is 15.4 Å². The summed E-state index contributed by atoms with van der Waals surface area (Å²) >= 11 is 0. The number of hydrogen-bond acceptors (Lipinski definition) is 5. The molecule has 146 valence electrons. The predicted octanol–water partition coefficient (Wildman–Crippen LogP) is 3.55. The molecule has 3 aromatic rings. The van der Waals surface area contributed by atoms with Crippen molar-refractivity contribution in [2.24, 2.45) is 5.41 Å². The molecule has 6 nitrogen and oxygen atoms in total. The van der Waals surface area contributed by atoms with Crippen molar-refractivity contribution in [3.05, 3.63) is 42.7 Å². The third-order valence-corrected chi connectivity index (χ3v) is 5.76. The van der Waals surface area contributed by atoms with Gasteiger partial charge in [0.15, 0.2) is 0 Å². The number of alkyl halides is 2. The van der Waals surface area contributed by atoms with Gasteiger partial charge in [0.2, 0.25) is 0 Å². The number of pyridine rings is 2. The third-order valence-electron chi connectivity index (χ3n) is 5.76. The molecule has 2 aliphatic rings. The minimum atomic E-state index is -2.86. The van der Waals surface area contributed by atoms with Gasteiger partial charge in [0.05, 0.1) is 23.8 Å². The standard InChI is InChI=1S/C20H21F2N5O/c21-19(22)28-14-4-5-18-24-10-16(27(18)11-14)15-2-1-3-17(26-15)25-13-8-20(9-13)6-7-23-12-20/h1-5,10-11,13,19,23H,6-9,12H2,(H,25,26). The Labute approximate surface area is 160 Å². The van der Waals surface area contributed by atoms with Crippen molar-refractivity contribution in [1.82, 2.24) is 19.7 Å². The van der Waals surface area contributed by atoms with Gasteiger partial charge in [-0.2, -0.15) is 8.78 Å². The summed E-state index contributed by atoms with van der Waals surface area (Å²) in [5.41, 5.74) is 2.57. The van der Waals surface area contributed by atoms with E-state index < -0.39 is 6.61 Å². The molecule has 2 N–H and O–H groups in total. The van der Waals surface area contributed by atoms with Crippen LogP contribution in [0.25, 0.3) is 17.0 Å². The van der Waals surface area contributed by atoms with Gasteiger partial charge in [-0.15, -0.1) is 0 Å². The maximum absolute atomic E-state index is 12.5. The number of ether oxygens (including phenoxy) is 1. The number of imidazole rings is 1. The summed E-state index contributed by atoms with van der Waals surface area (Å²) in [6.45, 7) is -0.633. The zero-order valence-electron chi connectivity index (χ0n) is 15.2. The second-order valence-corrected chi connectivity index (χ2v) is 7.70. The lowest BCUT2D eigenvalue weighted by Gasteiger charge is -2.45. The van der Waals surface area contributed by atoms with E-state index in [4.69, 9.17) is 4.98 Å². The largest absolute Gasteiger partial charge is 0.433 e. The van der Waals surface area contributed by atoms with Crippen LogP contribution in [0.1, 0.15) is 19.3 Å². The highest BCUT2D eigenvalue weighted by atomic mass is 19.3. The average molecular weight is 385 g/mol. The fourth-order valence-corrected chi connectivity index (χ4v) is 4.42. The molecule has 1 saturated carbocycles. The molecule has 0 bridgehead atoms. The van der Waals surface area contributed by atoms with Gasteiger partial charge in [0, 0.05) is 12.6 Å². The van der Waals surface area contributed by atoms with E-state index in [1.54, 1.807) is 16.7 Å². The molecule has 0 aromatic carbocycles. The van der Waals surface area contributed by atoms with Crippen molar-refractivity contribution in [3.8, 4) is 17.1 Å². The van der Waals surface area contributed by atoms with Crippen molar-refractivity contribution in [3.63, 3.8) is 0 Å². The van der Waals surface area contributed by atoms with Crippen LogP contribution in [0.15, 0.2) is 42.7 Å². The van der Waals surface area contributed by atoms with E-state index in [-0.39, 0.29) is 5.75 Å². The number of halogens is 2. The predicted molar refractivity (Wildman–Crippen MR) is 102 cm³/mol. The van der Waals surface area contributed by atoms with Gasteiger partial charge in [-0.05, 0) is 55.5 Å². The van der Waals surface area contributed by atoms with Crippen molar-refractivity contribution in [2.45, 2.75) is 31.9 Å². The second-order valence-electron chi connectivity index (χ2n) is 7.70. The van der Waals surface area contributed by atoms with Crippen LogP contribution in [-0.4, -0.2) is 40.1 Å². The highest BCUT2D eigenvalue weighted by Gasteiger charge is 2.45. The molecule has 0 amide bonds. The molecule has 5 rings (SSSR count). The third kappa shape index (κ3) is 3.17. The molecule has 1 spiro atoms. The SMILES string of the molecule is FC(F)Oc1ccc2ncc(-c3cccc(NC4CC5(CCNC5)C4)n3)n2c1. The van der Waals surface area contributed by atoms with E-state index in [9.17, 15) is 8.78 Å². The molecule has 1 saturated heterocycles. The number of anilines is 1. The Morgan fingerprint density at radius 1 is 1.25 bits per heavy atom. The van der Waals surface area contributed by atoms with Crippen LogP contribution in [0.4, 0.5) is 14.6 Å². The van der Waals surface area contributed by atoms with Crippen LogP contribution in [0.3, 0.4) is 0 Å². The van der Waals surface area contributed by atoms with Gasteiger partial charge in [-0.25, -0.2) is 9.97 Å². The molecule has 1 aliphatic carbocycles. The highest BCUT2D eigenvalue weighted by molar-refractivity contribution is 5.62. The van der Waals surface area contributed by atoms with Crippen LogP contribution >= 0.6 is 0 Å². The molecule has 4 heterocycles. The van der Waals surface area contributed by atoms with Crippen LogP contribution in [0, 0.1) is 5.41 Å². The number of rotatable bonds is 5. The Morgan fingerprint density at radius 3 is 2.93 bits per heavy atom. The maximum Gasteiger partial charge on any atom is 0.387 e. The Kier molecular flexibility index (Phi) is 4.16. The maximum atomic E-state index is 12.5. The fourth-order valence-electron chi connectivity index (χ4n) is 4.42. The quantitative estimate of drug-likeness (QED) is 0.703. The Bertz CT molecular complexity index is 991. The van der Waals surface area contributed by atoms with E-state index >= 15 is 0 Å². The minimum absolute atomic E-state index is 0.0842. The van der Waals surface area contributed by atoms with E-state index in [1.165, 1.54) is 18.7 Å². The Hall–Kier alpha value is -2.74. The zero-order chi connectivity index (χ0) is 19.1. The summed E-state index contributed by atoms with van der Waals surface area (Å²) in [7, 11) is 0. The van der Waals surface area contributed by atoms with E-state index in [2.05, 4.69) is 20.4 Å². The number of fused-ring (bicyclic) bond motifs is 1. The average Bonchev–Trinajstić information content (AvgIpc) is 3.28. The van der Waals surface area contributed by atoms with Crippen molar-refractivity contribution in [1.29, 1.82) is 0 Å². The zero-order valence-corrected chi connectivity index (χ0v) is 15.2. The second kappa shape index (κ2) is 6.70. The summed E-state index contributed by atoms with van der Waals surface area (Å²) < 4.78 is 31.3. The smallest absolute Gasteiger partial charge is 0.387 e. The van der Waals surface area contributed by atoms with Gasteiger partial charge in [0.1, 0.15) is 17.2 Å². The number of nitrogens with one attached hydrogen (secondary N) is 2. The summed E-state index contributed by atoms with van der Waals surface area (Å²) in [4.78, 5) is 9.05. The molecular formula is C20H21F2N5O. The summed E-state index contributed by atoms with van der Waals surface area (Å²) in [5.74, 6) is 0.902. The fraction of sp³-hybridized carbons (Fsp3) is 0.400. The van der Waals surface area contributed by atoms with Gasteiger partial charge in [-0.1, -0.05) is 6.07 Å². The molecule has 1 aliphatic heterocycles. The van der Waals surface area contributed by atoms with Gasteiger partial charge in [-0.3, -0.25) is 4.40 Å². The normalized spacial score (nSPS) is 24.0. The van der Waals surface area contributed by atoms with E-state index in [0.29, 0.717) is 17.1 Å². The van der Waals surface area contributed by atoms with E-state index in [1.807, 2.05) is 18.2 Å². The molecule has 2 fully saturated rings. The molecule has 28 heavy (non-hydrogen) atoms. The first kappa shape index (κ1) is 17.4. The lowest BCUT2D eigenvalue weighted by molar-refractivity contribution is -0.0501. The van der Waals surface area contributed by atoms with E-state index in [0.717, 1.165) is 43.1 Å². The van der Waals surface area contributed by atoms with Crippen LogP contribution < -0.4 is 15.4 Å². The van der Waals surface area contributed by atoms with Crippen molar-refractivity contribution in [2.75, 3.05) is 18.4 Å². The molecular weight excluding hydrogens is 364 g/mol. The molecule has 3 aromatic heterocycles. The van der Waals surface area contributed by atoms with Gasteiger partial charge >= 0.3 is 6.61 Å². The van der Waals surface area contributed by atoms with Crippen molar-refractivity contribution < 1.29 is 13.5 Å². The highest BCUT2D eigenvalue weighted by Crippen LogP contribution is 2.46. The topological polar surface area (TPSA) is 63.5 Å². The molecule has 0 unspecified atom stereocenters. The number of aromatic nitrogens is 3. The number of nitrogens with zero attached hydrogens (tertiary/aromatic N) is 3.